The highest BCUT2D eigenvalue weighted by molar-refractivity contribution is 5.96. The molecule has 1 aliphatic rings. The molecule has 96 valence electrons. The first kappa shape index (κ1) is 12.0. The first-order valence-corrected chi connectivity index (χ1v) is 6.74. The lowest BCUT2D eigenvalue weighted by molar-refractivity contribution is 0.538. The molecule has 0 aliphatic carbocycles. The fourth-order valence-corrected chi connectivity index (χ4v) is 2.94. The Labute approximate surface area is 114 Å². The number of para-hydroxylation sites is 1. The molecule has 0 aromatic heterocycles. The van der Waals surface area contributed by atoms with Crippen LogP contribution in [0.25, 0.3) is 0 Å². The fourth-order valence-electron chi connectivity index (χ4n) is 2.94. The van der Waals surface area contributed by atoms with Crippen molar-refractivity contribution in [3.63, 3.8) is 0 Å². The molecule has 2 nitrogen and oxygen atoms in total. The maximum absolute atomic E-state index is 6.32. The molecule has 1 atom stereocenters. The van der Waals surface area contributed by atoms with Crippen LogP contribution in [0, 0.1) is 0 Å². The van der Waals surface area contributed by atoms with Crippen LogP contribution in [0.4, 0.5) is 5.69 Å². The standard InChI is InChI=1S/C17H18N2/c1-2-17(14-9-4-3-5-10-14)12-13-8-6-7-11-15(13)19-16(17)18/h3-11H,2,12H2,1H3,(H2,18,19). The number of aliphatic imine (C=N–C) groups is 1. The summed E-state index contributed by atoms with van der Waals surface area (Å²) in [6.07, 6.45) is 1.89. The normalized spacial score (nSPS) is 21.6. The molecule has 3 rings (SSSR count). The SMILES string of the molecule is CCC1(c2ccccc2)Cc2ccccc2N=C1N. The highest BCUT2D eigenvalue weighted by Crippen LogP contribution is 2.39. The predicted molar refractivity (Wildman–Crippen MR) is 79.8 cm³/mol. The minimum atomic E-state index is -0.157. The Bertz CT molecular complexity index is 616. The highest BCUT2D eigenvalue weighted by atomic mass is 14.9. The van der Waals surface area contributed by atoms with Crippen LogP contribution in [0.5, 0.6) is 0 Å². The molecular weight excluding hydrogens is 232 g/mol. The van der Waals surface area contributed by atoms with Crippen LogP contribution in [-0.2, 0) is 11.8 Å². The molecule has 0 bridgehead atoms. The van der Waals surface area contributed by atoms with Crippen molar-refractivity contribution >= 4 is 11.5 Å². The number of fused-ring (bicyclic) bond motifs is 1. The van der Waals surface area contributed by atoms with Crippen LogP contribution < -0.4 is 5.73 Å². The molecule has 0 saturated heterocycles. The lowest BCUT2D eigenvalue weighted by Crippen LogP contribution is -2.44. The summed E-state index contributed by atoms with van der Waals surface area (Å²) in [4.78, 5) is 4.64. The minimum absolute atomic E-state index is 0.157. The Balaban J connectivity index is 2.15. The number of amidine groups is 1. The molecule has 2 aromatic rings. The molecule has 2 heteroatoms. The second-order valence-electron chi connectivity index (χ2n) is 5.10. The van der Waals surface area contributed by atoms with E-state index in [9.17, 15) is 0 Å². The molecule has 0 radical (unpaired) electrons. The Kier molecular flexibility index (Phi) is 2.86. The van der Waals surface area contributed by atoms with E-state index < -0.39 is 0 Å². The van der Waals surface area contributed by atoms with Gasteiger partial charge in [0, 0.05) is 0 Å². The Morgan fingerprint density at radius 2 is 1.74 bits per heavy atom. The Morgan fingerprint density at radius 1 is 1.05 bits per heavy atom. The maximum Gasteiger partial charge on any atom is 0.111 e. The van der Waals surface area contributed by atoms with Crippen molar-refractivity contribution in [2.45, 2.75) is 25.2 Å². The maximum atomic E-state index is 6.32. The van der Waals surface area contributed by atoms with E-state index in [1.54, 1.807) is 0 Å². The zero-order valence-electron chi connectivity index (χ0n) is 11.1. The van der Waals surface area contributed by atoms with Crippen molar-refractivity contribution in [2.24, 2.45) is 10.7 Å². The molecule has 0 amide bonds. The monoisotopic (exact) mass is 250 g/mol. The van der Waals surface area contributed by atoms with Gasteiger partial charge in [-0.05, 0) is 30.0 Å². The van der Waals surface area contributed by atoms with Gasteiger partial charge in [-0.25, -0.2) is 4.99 Å². The zero-order valence-corrected chi connectivity index (χ0v) is 11.1. The van der Waals surface area contributed by atoms with Gasteiger partial charge in [-0.1, -0.05) is 55.5 Å². The van der Waals surface area contributed by atoms with Crippen molar-refractivity contribution < 1.29 is 0 Å². The number of benzene rings is 2. The van der Waals surface area contributed by atoms with E-state index in [1.165, 1.54) is 11.1 Å². The van der Waals surface area contributed by atoms with Gasteiger partial charge in [0.2, 0.25) is 0 Å². The predicted octanol–water partition coefficient (Wildman–Crippen LogP) is 3.58. The summed E-state index contributed by atoms with van der Waals surface area (Å²) in [5.41, 5.74) is 9.72. The van der Waals surface area contributed by atoms with Crippen molar-refractivity contribution in [3.05, 3.63) is 65.7 Å². The van der Waals surface area contributed by atoms with Gasteiger partial charge in [0.15, 0.2) is 0 Å². The average molecular weight is 250 g/mol. The highest BCUT2D eigenvalue weighted by Gasteiger charge is 2.37. The molecule has 0 fully saturated rings. The summed E-state index contributed by atoms with van der Waals surface area (Å²) in [5, 5.41) is 0. The van der Waals surface area contributed by atoms with Gasteiger partial charge in [-0.3, -0.25) is 0 Å². The van der Waals surface area contributed by atoms with Crippen LogP contribution in [0.2, 0.25) is 0 Å². The third-order valence-electron chi connectivity index (χ3n) is 4.14. The first-order chi connectivity index (χ1) is 9.26. The van der Waals surface area contributed by atoms with Gasteiger partial charge >= 0.3 is 0 Å². The minimum Gasteiger partial charge on any atom is -0.386 e. The Morgan fingerprint density at radius 3 is 2.47 bits per heavy atom. The lowest BCUT2D eigenvalue weighted by Gasteiger charge is -2.36. The van der Waals surface area contributed by atoms with E-state index in [1.807, 2.05) is 18.2 Å². The molecule has 2 N–H and O–H groups in total. The van der Waals surface area contributed by atoms with E-state index in [0.29, 0.717) is 0 Å². The summed E-state index contributed by atoms with van der Waals surface area (Å²) in [6, 6.07) is 18.8. The van der Waals surface area contributed by atoms with E-state index in [0.717, 1.165) is 24.4 Å². The molecule has 1 aliphatic heterocycles. The summed E-state index contributed by atoms with van der Waals surface area (Å²) >= 11 is 0. The van der Waals surface area contributed by atoms with E-state index in [2.05, 4.69) is 48.3 Å². The largest absolute Gasteiger partial charge is 0.386 e. The topological polar surface area (TPSA) is 38.4 Å². The fraction of sp³-hybridized carbons (Fsp3) is 0.235. The van der Waals surface area contributed by atoms with Crippen molar-refractivity contribution in [1.82, 2.24) is 0 Å². The van der Waals surface area contributed by atoms with E-state index in [-0.39, 0.29) is 5.41 Å². The third-order valence-corrected chi connectivity index (χ3v) is 4.14. The number of hydrogen-bond donors (Lipinski definition) is 1. The number of rotatable bonds is 2. The van der Waals surface area contributed by atoms with Gasteiger partial charge < -0.3 is 5.73 Å². The third kappa shape index (κ3) is 1.84. The zero-order chi connectivity index (χ0) is 13.3. The molecule has 1 heterocycles. The molecule has 0 saturated carbocycles. The smallest absolute Gasteiger partial charge is 0.111 e. The van der Waals surface area contributed by atoms with Crippen LogP contribution in [0.1, 0.15) is 24.5 Å². The Hall–Kier alpha value is -2.09. The number of hydrogen-bond acceptors (Lipinski definition) is 2. The molecule has 2 aromatic carbocycles. The van der Waals surface area contributed by atoms with Crippen LogP contribution in [0.15, 0.2) is 59.6 Å². The summed E-state index contributed by atoms with van der Waals surface area (Å²) < 4.78 is 0. The quantitative estimate of drug-likeness (QED) is 0.869. The summed E-state index contributed by atoms with van der Waals surface area (Å²) in [5.74, 6) is 0.736. The average Bonchev–Trinajstić information content (AvgIpc) is 2.47. The first-order valence-electron chi connectivity index (χ1n) is 6.74. The summed E-state index contributed by atoms with van der Waals surface area (Å²) in [7, 11) is 0. The van der Waals surface area contributed by atoms with E-state index >= 15 is 0 Å². The number of nitrogens with two attached hydrogens (primary N) is 1. The summed E-state index contributed by atoms with van der Waals surface area (Å²) in [6.45, 7) is 2.18. The van der Waals surface area contributed by atoms with Crippen molar-refractivity contribution in [3.8, 4) is 0 Å². The van der Waals surface area contributed by atoms with Crippen LogP contribution in [0.3, 0.4) is 0 Å². The van der Waals surface area contributed by atoms with Crippen molar-refractivity contribution in [2.75, 3.05) is 0 Å². The van der Waals surface area contributed by atoms with E-state index in [4.69, 9.17) is 5.73 Å². The molecule has 1 unspecified atom stereocenters. The van der Waals surface area contributed by atoms with Gasteiger partial charge in [0.25, 0.3) is 0 Å². The van der Waals surface area contributed by atoms with Crippen LogP contribution >= 0.6 is 0 Å². The second kappa shape index (κ2) is 4.54. The van der Waals surface area contributed by atoms with Gasteiger partial charge in [-0.2, -0.15) is 0 Å². The molecule has 0 spiro atoms. The van der Waals surface area contributed by atoms with Crippen molar-refractivity contribution in [1.29, 1.82) is 0 Å². The lowest BCUT2D eigenvalue weighted by atomic mass is 9.71. The van der Waals surface area contributed by atoms with Crippen LogP contribution in [-0.4, -0.2) is 5.84 Å². The van der Waals surface area contributed by atoms with Gasteiger partial charge in [0.05, 0.1) is 11.1 Å². The van der Waals surface area contributed by atoms with Gasteiger partial charge in [-0.15, -0.1) is 0 Å². The van der Waals surface area contributed by atoms with Gasteiger partial charge in [0.1, 0.15) is 5.84 Å². The molecule has 19 heavy (non-hydrogen) atoms. The molecular formula is C17H18N2. The number of nitrogens with zero attached hydrogens (tertiary/aromatic N) is 1. The second-order valence-corrected chi connectivity index (χ2v) is 5.10.